The molecule has 2 unspecified atom stereocenters. The van der Waals surface area contributed by atoms with Gasteiger partial charge in [-0.15, -0.1) is 0 Å². The summed E-state index contributed by atoms with van der Waals surface area (Å²) in [5.74, 6) is 0.763. The van der Waals surface area contributed by atoms with Crippen LogP contribution in [0.15, 0.2) is 42.5 Å². The van der Waals surface area contributed by atoms with Gasteiger partial charge in [-0.3, -0.25) is 0 Å². The lowest BCUT2D eigenvalue weighted by molar-refractivity contribution is 0.254. The van der Waals surface area contributed by atoms with Crippen molar-refractivity contribution >= 4 is 15.9 Å². The van der Waals surface area contributed by atoms with E-state index in [0.29, 0.717) is 5.56 Å². The zero-order valence-electron chi connectivity index (χ0n) is 10.6. The summed E-state index contributed by atoms with van der Waals surface area (Å²) in [6, 6.07) is 12.9. The maximum absolute atomic E-state index is 13.8. The highest BCUT2D eigenvalue weighted by atomic mass is 79.9. The van der Waals surface area contributed by atoms with E-state index >= 15 is 0 Å². The number of ether oxygens (including phenoxy) is 1. The minimum absolute atomic E-state index is 0.130. The molecule has 1 aliphatic heterocycles. The zero-order valence-corrected chi connectivity index (χ0v) is 12.2. The molecule has 0 radical (unpaired) electrons. The molecule has 1 aliphatic rings. The Morgan fingerprint density at radius 2 is 2.05 bits per heavy atom. The van der Waals surface area contributed by atoms with Crippen molar-refractivity contribution in [2.24, 2.45) is 0 Å². The molecule has 1 heterocycles. The minimum atomic E-state index is -0.186. The summed E-state index contributed by atoms with van der Waals surface area (Å²) in [6.45, 7) is 2.06. The van der Waals surface area contributed by atoms with Crippen LogP contribution in [0, 0.1) is 5.82 Å². The lowest BCUT2D eigenvalue weighted by atomic mass is 10.0. The van der Waals surface area contributed by atoms with E-state index in [4.69, 9.17) is 4.74 Å². The summed E-state index contributed by atoms with van der Waals surface area (Å²) in [5, 5.41) is 0. The van der Waals surface area contributed by atoms with Crippen molar-refractivity contribution in [3.8, 4) is 5.75 Å². The quantitative estimate of drug-likeness (QED) is 0.733. The number of rotatable bonds is 2. The highest BCUT2D eigenvalue weighted by Gasteiger charge is 2.21. The predicted molar refractivity (Wildman–Crippen MR) is 77.4 cm³/mol. The van der Waals surface area contributed by atoms with Gasteiger partial charge in [0.2, 0.25) is 0 Å². The standard InChI is InChI=1S/C16H14BrFO/c1-10-8-12-9-11(6-7-15(12)19-10)16(17)13-4-2-3-5-14(13)18/h2-7,9-10,16H,8H2,1H3. The number of benzene rings is 2. The molecule has 98 valence electrons. The molecule has 2 aromatic rings. The number of hydrogen-bond donors (Lipinski definition) is 0. The SMILES string of the molecule is CC1Cc2cc(C(Br)c3ccccc3F)ccc2O1. The van der Waals surface area contributed by atoms with Crippen LogP contribution in [0.4, 0.5) is 4.39 Å². The summed E-state index contributed by atoms with van der Waals surface area (Å²) in [6.07, 6.45) is 1.15. The molecule has 0 amide bonds. The predicted octanol–water partition coefficient (Wildman–Crippen LogP) is 4.63. The Morgan fingerprint density at radius 3 is 2.84 bits per heavy atom. The Kier molecular flexibility index (Phi) is 3.31. The first-order chi connectivity index (χ1) is 9.15. The largest absolute Gasteiger partial charge is 0.490 e. The van der Waals surface area contributed by atoms with Crippen LogP contribution in [-0.4, -0.2) is 6.10 Å². The fourth-order valence-corrected chi connectivity index (χ4v) is 3.12. The van der Waals surface area contributed by atoms with E-state index in [0.717, 1.165) is 17.7 Å². The van der Waals surface area contributed by atoms with Crippen LogP contribution in [-0.2, 0) is 6.42 Å². The monoisotopic (exact) mass is 320 g/mol. The van der Waals surface area contributed by atoms with Crippen molar-refractivity contribution in [1.82, 2.24) is 0 Å². The van der Waals surface area contributed by atoms with E-state index in [1.807, 2.05) is 18.2 Å². The van der Waals surface area contributed by atoms with Gasteiger partial charge in [0.25, 0.3) is 0 Å². The molecule has 0 bridgehead atoms. The molecule has 0 aliphatic carbocycles. The van der Waals surface area contributed by atoms with Gasteiger partial charge in [-0.25, -0.2) is 4.39 Å². The molecule has 3 heteroatoms. The van der Waals surface area contributed by atoms with Gasteiger partial charge in [0.1, 0.15) is 17.7 Å². The lowest BCUT2D eigenvalue weighted by Crippen LogP contribution is -2.05. The average Bonchev–Trinajstić information content (AvgIpc) is 2.77. The van der Waals surface area contributed by atoms with Crippen molar-refractivity contribution in [2.75, 3.05) is 0 Å². The first-order valence-corrected chi connectivity index (χ1v) is 7.24. The molecule has 0 saturated heterocycles. The third-order valence-electron chi connectivity index (χ3n) is 3.39. The van der Waals surface area contributed by atoms with Crippen LogP contribution >= 0.6 is 15.9 Å². The van der Waals surface area contributed by atoms with E-state index in [1.54, 1.807) is 12.1 Å². The van der Waals surface area contributed by atoms with Gasteiger partial charge in [-0.2, -0.15) is 0 Å². The van der Waals surface area contributed by atoms with E-state index in [2.05, 4.69) is 28.9 Å². The Hall–Kier alpha value is -1.35. The summed E-state index contributed by atoms with van der Waals surface area (Å²) >= 11 is 3.59. The molecule has 1 nitrogen and oxygen atoms in total. The fraction of sp³-hybridized carbons (Fsp3) is 0.250. The van der Waals surface area contributed by atoms with Crippen LogP contribution in [0.25, 0.3) is 0 Å². The Bertz CT molecular complexity index is 611. The maximum Gasteiger partial charge on any atom is 0.127 e. The van der Waals surface area contributed by atoms with Gasteiger partial charge in [0, 0.05) is 12.0 Å². The molecule has 2 aromatic carbocycles. The second kappa shape index (κ2) is 4.97. The first kappa shape index (κ1) is 12.7. The number of alkyl halides is 1. The lowest BCUT2D eigenvalue weighted by Gasteiger charge is -2.12. The van der Waals surface area contributed by atoms with Crippen LogP contribution in [0.3, 0.4) is 0 Å². The topological polar surface area (TPSA) is 9.23 Å². The average molecular weight is 321 g/mol. The van der Waals surface area contributed by atoms with Crippen molar-refractivity contribution in [3.05, 3.63) is 65.0 Å². The van der Waals surface area contributed by atoms with Crippen molar-refractivity contribution in [1.29, 1.82) is 0 Å². The van der Waals surface area contributed by atoms with Crippen molar-refractivity contribution < 1.29 is 9.13 Å². The smallest absolute Gasteiger partial charge is 0.127 e. The van der Waals surface area contributed by atoms with Gasteiger partial charge in [-0.05, 0) is 30.2 Å². The number of halogens is 2. The molecular weight excluding hydrogens is 307 g/mol. The van der Waals surface area contributed by atoms with E-state index in [9.17, 15) is 4.39 Å². The first-order valence-electron chi connectivity index (χ1n) is 6.33. The fourth-order valence-electron chi connectivity index (χ4n) is 2.46. The van der Waals surface area contributed by atoms with Crippen LogP contribution in [0.1, 0.15) is 28.4 Å². The van der Waals surface area contributed by atoms with Crippen LogP contribution < -0.4 is 4.74 Å². The summed E-state index contributed by atoms with van der Waals surface area (Å²) in [7, 11) is 0. The molecule has 0 spiro atoms. The highest BCUT2D eigenvalue weighted by Crippen LogP contribution is 2.37. The Balaban J connectivity index is 1.95. The number of hydrogen-bond acceptors (Lipinski definition) is 1. The van der Waals surface area contributed by atoms with E-state index < -0.39 is 0 Å². The third-order valence-corrected chi connectivity index (χ3v) is 4.41. The molecule has 0 aromatic heterocycles. The Morgan fingerprint density at radius 1 is 1.26 bits per heavy atom. The molecule has 2 atom stereocenters. The maximum atomic E-state index is 13.8. The van der Waals surface area contributed by atoms with Gasteiger partial charge in [-0.1, -0.05) is 46.3 Å². The molecule has 0 saturated carbocycles. The normalized spacial score (nSPS) is 18.8. The Labute approximate surface area is 120 Å². The third kappa shape index (κ3) is 2.39. The highest BCUT2D eigenvalue weighted by molar-refractivity contribution is 9.09. The van der Waals surface area contributed by atoms with Crippen LogP contribution in [0.2, 0.25) is 0 Å². The molecule has 0 fully saturated rings. The van der Waals surface area contributed by atoms with Crippen molar-refractivity contribution in [3.63, 3.8) is 0 Å². The van der Waals surface area contributed by atoms with Gasteiger partial charge in [0.15, 0.2) is 0 Å². The van der Waals surface area contributed by atoms with E-state index in [-0.39, 0.29) is 16.7 Å². The van der Waals surface area contributed by atoms with Gasteiger partial charge < -0.3 is 4.74 Å². The second-order valence-electron chi connectivity index (χ2n) is 4.88. The summed E-state index contributed by atoms with van der Waals surface area (Å²) < 4.78 is 19.5. The zero-order chi connectivity index (χ0) is 13.4. The second-order valence-corrected chi connectivity index (χ2v) is 5.80. The van der Waals surface area contributed by atoms with E-state index in [1.165, 1.54) is 11.6 Å². The molecular formula is C16H14BrFO. The molecule has 3 rings (SSSR count). The summed E-state index contributed by atoms with van der Waals surface area (Å²) in [5.41, 5.74) is 2.92. The van der Waals surface area contributed by atoms with Crippen molar-refractivity contribution in [2.45, 2.75) is 24.3 Å². The minimum Gasteiger partial charge on any atom is -0.490 e. The number of fused-ring (bicyclic) bond motifs is 1. The summed E-state index contributed by atoms with van der Waals surface area (Å²) in [4.78, 5) is -0.130. The molecule has 0 N–H and O–H groups in total. The van der Waals surface area contributed by atoms with Gasteiger partial charge in [0.05, 0.1) is 4.83 Å². The van der Waals surface area contributed by atoms with Crippen LogP contribution in [0.5, 0.6) is 5.75 Å². The molecule has 19 heavy (non-hydrogen) atoms. The van der Waals surface area contributed by atoms with Gasteiger partial charge >= 0.3 is 0 Å².